The van der Waals surface area contributed by atoms with Gasteiger partial charge in [0.2, 0.25) is 5.79 Å². The summed E-state index contributed by atoms with van der Waals surface area (Å²) in [5, 5.41) is 4.87. The quantitative estimate of drug-likeness (QED) is 0.917. The first-order chi connectivity index (χ1) is 10.5. The lowest BCUT2D eigenvalue weighted by molar-refractivity contribution is -0.246. The Labute approximate surface area is 130 Å². The van der Waals surface area contributed by atoms with Gasteiger partial charge >= 0.3 is 10.3 Å². The highest BCUT2D eigenvalue weighted by atomic mass is 32.2. The average molecular weight is 327 g/mol. The Morgan fingerprint density at radius 2 is 1.95 bits per heavy atom. The molecule has 1 fully saturated rings. The SMILES string of the molecule is NS(=O)(=O)OCCC1OC2(CCCCC2)Oc2ccccc21. The van der Waals surface area contributed by atoms with E-state index in [9.17, 15) is 8.42 Å². The highest BCUT2D eigenvalue weighted by Gasteiger charge is 2.42. The topological polar surface area (TPSA) is 87.9 Å². The second kappa shape index (κ2) is 6.16. The van der Waals surface area contributed by atoms with Crippen LogP contribution in [0.5, 0.6) is 5.75 Å². The van der Waals surface area contributed by atoms with Crippen molar-refractivity contribution in [2.75, 3.05) is 6.61 Å². The first kappa shape index (κ1) is 15.7. The maximum absolute atomic E-state index is 10.9. The summed E-state index contributed by atoms with van der Waals surface area (Å²) in [4.78, 5) is 0. The normalized spacial score (nSPS) is 23.8. The third-order valence-corrected chi connectivity index (χ3v) is 4.66. The van der Waals surface area contributed by atoms with Gasteiger partial charge in [-0.2, -0.15) is 8.42 Å². The summed E-state index contributed by atoms with van der Waals surface area (Å²) in [7, 11) is -3.92. The highest BCUT2D eigenvalue weighted by molar-refractivity contribution is 7.84. The smallest absolute Gasteiger partial charge is 0.333 e. The Morgan fingerprint density at radius 1 is 1.23 bits per heavy atom. The molecular formula is C15H21NO5S. The summed E-state index contributed by atoms with van der Waals surface area (Å²) in [5.74, 6) is 0.232. The van der Waals surface area contributed by atoms with Crippen molar-refractivity contribution in [3.8, 4) is 5.75 Å². The number of hydrogen-bond donors (Lipinski definition) is 1. The van der Waals surface area contributed by atoms with Crippen LogP contribution in [0.15, 0.2) is 24.3 Å². The van der Waals surface area contributed by atoms with Crippen LogP contribution in [0.1, 0.15) is 50.2 Å². The zero-order valence-corrected chi connectivity index (χ0v) is 13.2. The van der Waals surface area contributed by atoms with Crippen molar-refractivity contribution < 1.29 is 22.1 Å². The van der Waals surface area contributed by atoms with Crippen LogP contribution in [-0.4, -0.2) is 20.8 Å². The molecule has 122 valence electrons. The van der Waals surface area contributed by atoms with Gasteiger partial charge in [0.1, 0.15) is 5.75 Å². The summed E-state index contributed by atoms with van der Waals surface area (Å²) in [6.07, 6.45) is 5.21. The predicted octanol–water partition coefficient (Wildman–Crippen LogP) is 2.41. The number of hydrogen-bond acceptors (Lipinski definition) is 5. The van der Waals surface area contributed by atoms with E-state index in [1.54, 1.807) is 0 Å². The molecule has 22 heavy (non-hydrogen) atoms. The van der Waals surface area contributed by atoms with Crippen molar-refractivity contribution in [2.45, 2.75) is 50.4 Å². The van der Waals surface area contributed by atoms with Gasteiger partial charge in [-0.05, 0) is 18.9 Å². The van der Waals surface area contributed by atoms with Gasteiger partial charge in [-0.3, -0.25) is 4.18 Å². The molecule has 0 aromatic heterocycles. The van der Waals surface area contributed by atoms with E-state index in [1.165, 1.54) is 6.42 Å². The average Bonchev–Trinajstić information content (AvgIpc) is 2.46. The van der Waals surface area contributed by atoms with Gasteiger partial charge in [-0.25, -0.2) is 5.14 Å². The molecule has 3 rings (SSSR count). The van der Waals surface area contributed by atoms with E-state index >= 15 is 0 Å². The van der Waals surface area contributed by atoms with E-state index in [2.05, 4.69) is 4.18 Å². The van der Waals surface area contributed by atoms with E-state index in [4.69, 9.17) is 14.6 Å². The third-order valence-electron chi connectivity index (χ3n) is 4.16. The fourth-order valence-corrected chi connectivity index (χ4v) is 3.51. The molecule has 0 bridgehead atoms. The second-order valence-electron chi connectivity index (χ2n) is 5.82. The number of para-hydroxylation sites is 1. The molecule has 7 heteroatoms. The molecule has 2 aliphatic rings. The van der Waals surface area contributed by atoms with Crippen LogP contribution in [0.2, 0.25) is 0 Å². The molecule has 1 atom stereocenters. The van der Waals surface area contributed by atoms with E-state index in [0.29, 0.717) is 6.42 Å². The lowest BCUT2D eigenvalue weighted by atomic mass is 9.91. The Bertz CT molecular complexity index is 625. The molecule has 6 nitrogen and oxygen atoms in total. The molecular weight excluding hydrogens is 306 g/mol. The number of benzene rings is 1. The molecule has 1 heterocycles. The maximum atomic E-state index is 10.9. The van der Waals surface area contributed by atoms with Crippen LogP contribution in [0.25, 0.3) is 0 Å². The van der Waals surface area contributed by atoms with Crippen molar-refractivity contribution in [1.82, 2.24) is 0 Å². The summed E-state index contributed by atoms with van der Waals surface area (Å²) in [6.45, 7) is -0.00604. The molecule has 1 saturated carbocycles. The molecule has 0 radical (unpaired) electrons. The van der Waals surface area contributed by atoms with Crippen LogP contribution < -0.4 is 9.88 Å². The van der Waals surface area contributed by atoms with Crippen molar-refractivity contribution >= 4 is 10.3 Å². The van der Waals surface area contributed by atoms with E-state index in [0.717, 1.165) is 37.0 Å². The van der Waals surface area contributed by atoms with Crippen molar-refractivity contribution in [2.24, 2.45) is 5.14 Å². The molecule has 1 aliphatic carbocycles. The maximum Gasteiger partial charge on any atom is 0.333 e. The van der Waals surface area contributed by atoms with E-state index in [1.807, 2.05) is 24.3 Å². The molecule has 2 N–H and O–H groups in total. The minimum absolute atomic E-state index is 0.00604. The molecule has 1 aromatic carbocycles. The van der Waals surface area contributed by atoms with Gasteiger partial charge in [0.15, 0.2) is 0 Å². The van der Waals surface area contributed by atoms with Crippen LogP contribution in [-0.2, 0) is 19.2 Å². The van der Waals surface area contributed by atoms with E-state index in [-0.39, 0.29) is 12.7 Å². The van der Waals surface area contributed by atoms with Crippen molar-refractivity contribution in [3.05, 3.63) is 29.8 Å². The number of ether oxygens (including phenoxy) is 2. The fourth-order valence-electron chi connectivity index (χ4n) is 3.18. The summed E-state index contributed by atoms with van der Waals surface area (Å²) >= 11 is 0. The third kappa shape index (κ3) is 3.60. The molecule has 0 amide bonds. The second-order valence-corrected chi connectivity index (χ2v) is 7.04. The summed E-state index contributed by atoms with van der Waals surface area (Å²) in [6, 6.07) is 7.71. The van der Waals surface area contributed by atoms with Gasteiger partial charge in [-0.1, -0.05) is 24.6 Å². The van der Waals surface area contributed by atoms with Crippen LogP contribution in [0.3, 0.4) is 0 Å². The monoisotopic (exact) mass is 327 g/mol. The van der Waals surface area contributed by atoms with Gasteiger partial charge in [0.25, 0.3) is 0 Å². The minimum atomic E-state index is -3.92. The number of fused-ring (bicyclic) bond motifs is 1. The zero-order valence-electron chi connectivity index (χ0n) is 12.4. The van der Waals surface area contributed by atoms with E-state index < -0.39 is 16.1 Å². The summed E-state index contributed by atoms with van der Waals surface area (Å²) in [5.41, 5.74) is 0.928. The minimum Gasteiger partial charge on any atom is -0.462 e. The van der Waals surface area contributed by atoms with Crippen LogP contribution in [0, 0.1) is 0 Å². The molecule has 1 aliphatic heterocycles. The van der Waals surface area contributed by atoms with Crippen molar-refractivity contribution in [3.63, 3.8) is 0 Å². The lowest BCUT2D eigenvalue weighted by Gasteiger charge is -2.44. The molecule has 1 aromatic rings. The number of nitrogens with two attached hydrogens (primary N) is 1. The molecule has 1 unspecified atom stereocenters. The standard InChI is InChI=1S/C15H21NO5S/c16-22(17,18)19-11-8-14-12-6-2-3-7-13(12)20-15(21-14)9-4-1-5-10-15/h2-3,6-7,14H,1,4-5,8-11H2,(H2,16,17,18). The van der Waals surface area contributed by atoms with Gasteiger partial charge in [0.05, 0.1) is 12.7 Å². The van der Waals surface area contributed by atoms with Gasteiger partial charge < -0.3 is 9.47 Å². The van der Waals surface area contributed by atoms with Crippen molar-refractivity contribution in [1.29, 1.82) is 0 Å². The number of rotatable bonds is 4. The Balaban J connectivity index is 1.78. The molecule has 0 saturated heterocycles. The Hall–Kier alpha value is -1.15. The van der Waals surface area contributed by atoms with Crippen LogP contribution >= 0.6 is 0 Å². The first-order valence-corrected chi connectivity index (χ1v) is 9.08. The predicted molar refractivity (Wildman–Crippen MR) is 80.4 cm³/mol. The first-order valence-electron chi connectivity index (χ1n) is 7.60. The zero-order chi connectivity index (χ0) is 15.6. The largest absolute Gasteiger partial charge is 0.462 e. The Kier molecular flexibility index (Phi) is 4.40. The highest BCUT2D eigenvalue weighted by Crippen LogP contribution is 2.45. The van der Waals surface area contributed by atoms with Gasteiger partial charge in [-0.15, -0.1) is 0 Å². The Morgan fingerprint density at radius 3 is 2.68 bits per heavy atom. The lowest BCUT2D eigenvalue weighted by Crippen LogP contribution is -2.45. The molecule has 1 spiro atoms. The fraction of sp³-hybridized carbons (Fsp3) is 0.600. The van der Waals surface area contributed by atoms with Crippen LogP contribution in [0.4, 0.5) is 0 Å². The summed E-state index contributed by atoms with van der Waals surface area (Å²) < 4.78 is 38.8. The van der Waals surface area contributed by atoms with Gasteiger partial charge in [0, 0.05) is 24.8 Å².